The molecule has 0 radical (unpaired) electrons. The van der Waals surface area contributed by atoms with E-state index in [2.05, 4.69) is 15.6 Å². The Bertz CT molecular complexity index is 497. The van der Waals surface area contributed by atoms with Gasteiger partial charge in [-0.15, -0.1) is 24.0 Å². The van der Waals surface area contributed by atoms with Gasteiger partial charge in [-0.1, -0.05) is 25.0 Å². The summed E-state index contributed by atoms with van der Waals surface area (Å²) in [6.07, 6.45) is 0.346. The minimum absolute atomic E-state index is 0. The van der Waals surface area contributed by atoms with E-state index in [0.717, 1.165) is 25.0 Å². The molecule has 0 spiro atoms. The smallest absolute Gasteiger partial charge is 0.354 e. The van der Waals surface area contributed by atoms with Crippen LogP contribution >= 0.6 is 24.0 Å². The Hall–Kier alpha value is -0.990. The van der Waals surface area contributed by atoms with E-state index in [-0.39, 0.29) is 24.0 Å². The Morgan fingerprint density at radius 2 is 1.95 bits per heavy atom. The van der Waals surface area contributed by atoms with Crippen LogP contribution in [0, 0.1) is 0 Å². The topological polar surface area (TPSA) is 36.4 Å². The molecule has 3 nitrogen and oxygen atoms in total. The zero-order valence-electron chi connectivity index (χ0n) is 12.4. The minimum Gasteiger partial charge on any atom is -0.354 e. The van der Waals surface area contributed by atoms with Crippen LogP contribution in [-0.2, 0) is 12.7 Å². The van der Waals surface area contributed by atoms with E-state index in [1.807, 2.05) is 0 Å². The van der Waals surface area contributed by atoms with Gasteiger partial charge in [0.25, 0.3) is 0 Å². The molecular formula is C15H21F3IN3. The minimum atomic E-state index is -4.31. The summed E-state index contributed by atoms with van der Waals surface area (Å²) in [6, 6.07) is 5.75. The fourth-order valence-corrected chi connectivity index (χ4v) is 2.50. The van der Waals surface area contributed by atoms with E-state index in [9.17, 15) is 13.2 Å². The van der Waals surface area contributed by atoms with E-state index in [0.29, 0.717) is 24.1 Å². The Morgan fingerprint density at radius 1 is 1.27 bits per heavy atom. The predicted molar refractivity (Wildman–Crippen MR) is 92.4 cm³/mol. The zero-order valence-corrected chi connectivity index (χ0v) is 14.7. The number of rotatable bonds is 3. The molecule has 1 aliphatic rings. The molecule has 0 atom stereocenters. The fourth-order valence-electron chi connectivity index (χ4n) is 2.50. The standard InChI is InChI=1S/C15H20F3N3.HI/c1-19-14(21-13-7-2-3-8-13)20-10-11-5-4-6-12(9-11)15(16,17)18;/h4-6,9,13H,2-3,7-8,10H2,1H3,(H2,19,20,21);1H. The molecule has 1 fully saturated rings. The van der Waals surface area contributed by atoms with Crippen molar-refractivity contribution in [3.63, 3.8) is 0 Å². The summed E-state index contributed by atoms with van der Waals surface area (Å²) in [6.45, 7) is 0.316. The summed E-state index contributed by atoms with van der Waals surface area (Å²) < 4.78 is 37.9. The first-order valence-corrected chi connectivity index (χ1v) is 7.12. The van der Waals surface area contributed by atoms with Gasteiger partial charge >= 0.3 is 6.18 Å². The molecule has 7 heteroatoms. The van der Waals surface area contributed by atoms with Crippen LogP contribution < -0.4 is 10.6 Å². The van der Waals surface area contributed by atoms with Gasteiger partial charge in [0.2, 0.25) is 0 Å². The van der Waals surface area contributed by atoms with Crippen molar-refractivity contribution in [3.05, 3.63) is 35.4 Å². The first kappa shape index (κ1) is 19.1. The first-order valence-electron chi connectivity index (χ1n) is 7.12. The van der Waals surface area contributed by atoms with Crippen LogP contribution in [0.25, 0.3) is 0 Å². The average Bonchev–Trinajstić information content (AvgIpc) is 2.95. The normalized spacial score (nSPS) is 16.3. The monoisotopic (exact) mass is 427 g/mol. The van der Waals surface area contributed by atoms with Crippen molar-refractivity contribution in [1.82, 2.24) is 10.6 Å². The van der Waals surface area contributed by atoms with Crippen molar-refractivity contribution in [2.45, 2.75) is 44.4 Å². The summed E-state index contributed by atoms with van der Waals surface area (Å²) in [4.78, 5) is 4.11. The number of halogens is 4. The fraction of sp³-hybridized carbons (Fsp3) is 0.533. The van der Waals surface area contributed by atoms with Crippen molar-refractivity contribution in [2.75, 3.05) is 7.05 Å². The SMILES string of the molecule is CN=C(NCc1cccc(C(F)(F)F)c1)NC1CCCC1.I. The maximum Gasteiger partial charge on any atom is 0.416 e. The highest BCUT2D eigenvalue weighted by Gasteiger charge is 2.30. The van der Waals surface area contributed by atoms with Crippen LogP contribution in [0.5, 0.6) is 0 Å². The molecule has 0 aromatic heterocycles. The highest BCUT2D eigenvalue weighted by Crippen LogP contribution is 2.29. The molecule has 1 saturated carbocycles. The molecule has 0 bridgehead atoms. The largest absolute Gasteiger partial charge is 0.416 e. The number of benzene rings is 1. The molecule has 0 heterocycles. The van der Waals surface area contributed by atoms with E-state index in [4.69, 9.17) is 0 Å². The van der Waals surface area contributed by atoms with Crippen LogP contribution in [-0.4, -0.2) is 19.0 Å². The molecule has 1 aliphatic carbocycles. The molecule has 1 aromatic rings. The van der Waals surface area contributed by atoms with E-state index in [1.165, 1.54) is 18.9 Å². The molecule has 2 rings (SSSR count). The van der Waals surface area contributed by atoms with Crippen LogP contribution in [0.3, 0.4) is 0 Å². The number of guanidine groups is 1. The lowest BCUT2D eigenvalue weighted by atomic mass is 10.1. The summed E-state index contributed by atoms with van der Waals surface area (Å²) in [5, 5.41) is 6.36. The van der Waals surface area contributed by atoms with Crippen LogP contribution in [0.1, 0.15) is 36.8 Å². The number of hydrogen-bond acceptors (Lipinski definition) is 1. The van der Waals surface area contributed by atoms with Crippen molar-refractivity contribution in [2.24, 2.45) is 4.99 Å². The Morgan fingerprint density at radius 3 is 2.55 bits per heavy atom. The highest BCUT2D eigenvalue weighted by atomic mass is 127. The third kappa shape index (κ3) is 5.66. The lowest BCUT2D eigenvalue weighted by Crippen LogP contribution is -2.41. The van der Waals surface area contributed by atoms with E-state index >= 15 is 0 Å². The molecule has 0 aliphatic heterocycles. The van der Waals surface area contributed by atoms with Crippen molar-refractivity contribution >= 4 is 29.9 Å². The lowest BCUT2D eigenvalue weighted by molar-refractivity contribution is -0.137. The van der Waals surface area contributed by atoms with Crippen LogP contribution in [0.15, 0.2) is 29.3 Å². The summed E-state index contributed by atoms with van der Waals surface area (Å²) in [5.41, 5.74) is -0.0419. The van der Waals surface area contributed by atoms with Crippen LogP contribution in [0.4, 0.5) is 13.2 Å². The van der Waals surface area contributed by atoms with E-state index < -0.39 is 11.7 Å². The molecule has 0 amide bonds. The number of nitrogens with one attached hydrogen (secondary N) is 2. The average molecular weight is 427 g/mol. The van der Waals surface area contributed by atoms with Gasteiger partial charge in [-0.3, -0.25) is 4.99 Å². The van der Waals surface area contributed by atoms with Gasteiger partial charge in [-0.05, 0) is 30.5 Å². The van der Waals surface area contributed by atoms with Gasteiger partial charge in [0.1, 0.15) is 0 Å². The lowest BCUT2D eigenvalue weighted by Gasteiger charge is -2.17. The number of aliphatic imine (C=N–C) groups is 1. The molecule has 22 heavy (non-hydrogen) atoms. The molecule has 1 aromatic carbocycles. The maximum absolute atomic E-state index is 12.6. The Kier molecular flexibility index (Phi) is 7.44. The van der Waals surface area contributed by atoms with E-state index in [1.54, 1.807) is 13.1 Å². The number of alkyl halides is 3. The van der Waals surface area contributed by atoms with Crippen molar-refractivity contribution in [3.8, 4) is 0 Å². The molecule has 0 saturated heterocycles. The van der Waals surface area contributed by atoms with Gasteiger partial charge in [0.05, 0.1) is 5.56 Å². The van der Waals surface area contributed by atoms with Gasteiger partial charge in [-0.25, -0.2) is 0 Å². The second-order valence-electron chi connectivity index (χ2n) is 5.25. The van der Waals surface area contributed by atoms with Crippen molar-refractivity contribution < 1.29 is 13.2 Å². The Balaban J connectivity index is 0.00000242. The van der Waals surface area contributed by atoms with Gasteiger partial charge < -0.3 is 10.6 Å². The second-order valence-corrected chi connectivity index (χ2v) is 5.25. The molecule has 2 N–H and O–H groups in total. The molecular weight excluding hydrogens is 406 g/mol. The third-order valence-corrected chi connectivity index (χ3v) is 3.63. The Labute approximate surface area is 145 Å². The van der Waals surface area contributed by atoms with Gasteiger partial charge in [0.15, 0.2) is 5.96 Å². The predicted octanol–water partition coefficient (Wildman–Crippen LogP) is 3.93. The highest BCUT2D eigenvalue weighted by molar-refractivity contribution is 14.0. The number of nitrogens with zero attached hydrogens (tertiary/aromatic N) is 1. The summed E-state index contributed by atoms with van der Waals surface area (Å²) in [7, 11) is 1.66. The maximum atomic E-state index is 12.6. The quantitative estimate of drug-likeness (QED) is 0.436. The summed E-state index contributed by atoms with van der Waals surface area (Å²) in [5.74, 6) is 0.638. The van der Waals surface area contributed by atoms with Crippen LogP contribution in [0.2, 0.25) is 0 Å². The first-order chi connectivity index (χ1) is 9.99. The molecule has 124 valence electrons. The molecule has 0 unspecified atom stereocenters. The third-order valence-electron chi connectivity index (χ3n) is 3.63. The number of hydrogen-bond donors (Lipinski definition) is 2. The van der Waals surface area contributed by atoms with Gasteiger partial charge in [-0.2, -0.15) is 13.2 Å². The van der Waals surface area contributed by atoms with Crippen molar-refractivity contribution in [1.29, 1.82) is 0 Å². The van der Waals surface area contributed by atoms with Gasteiger partial charge in [0, 0.05) is 19.6 Å². The zero-order chi connectivity index (χ0) is 15.3. The second kappa shape index (κ2) is 8.59. The summed E-state index contributed by atoms with van der Waals surface area (Å²) >= 11 is 0.